The van der Waals surface area contributed by atoms with Crippen LogP contribution in [0.5, 0.6) is 0 Å². The number of guanidine groups is 1. The third-order valence-corrected chi connectivity index (χ3v) is 4.90. The molecule has 1 atom stereocenters. The van der Waals surface area contributed by atoms with Gasteiger partial charge in [-0.15, -0.1) is 0 Å². The minimum Gasteiger partial charge on any atom is -0.379 e. The molecule has 0 spiro atoms. The first kappa shape index (κ1) is 21.2. The summed E-state index contributed by atoms with van der Waals surface area (Å²) in [7, 11) is 3.80. The fraction of sp³-hybridized carbons (Fsp3) is 0.619. The Balaban J connectivity index is 1.79. The molecule has 0 saturated heterocycles. The van der Waals surface area contributed by atoms with E-state index in [1.165, 1.54) is 12.8 Å². The van der Waals surface area contributed by atoms with E-state index in [4.69, 9.17) is 4.74 Å². The summed E-state index contributed by atoms with van der Waals surface area (Å²) in [5, 5.41) is 6.35. The monoisotopic (exact) mass is 374 g/mol. The summed E-state index contributed by atoms with van der Waals surface area (Å²) in [6, 6.07) is 7.92. The quantitative estimate of drug-likeness (QED) is 0.375. The van der Waals surface area contributed by atoms with Crippen LogP contribution in [0.25, 0.3) is 0 Å². The molecule has 27 heavy (non-hydrogen) atoms. The molecule has 0 radical (unpaired) electrons. The summed E-state index contributed by atoms with van der Waals surface area (Å²) < 4.78 is 5.70. The Morgan fingerprint density at radius 1 is 1.41 bits per heavy atom. The fourth-order valence-electron chi connectivity index (χ4n) is 2.62. The highest BCUT2D eigenvalue weighted by Gasteiger charge is 2.21. The fourth-order valence-corrected chi connectivity index (χ4v) is 2.62. The van der Waals surface area contributed by atoms with Gasteiger partial charge in [0.05, 0.1) is 6.61 Å². The number of nitrogens with zero attached hydrogens (tertiary/aromatic N) is 2. The van der Waals surface area contributed by atoms with E-state index in [9.17, 15) is 4.79 Å². The van der Waals surface area contributed by atoms with Crippen molar-refractivity contribution in [3.05, 3.63) is 29.8 Å². The van der Waals surface area contributed by atoms with E-state index in [1.807, 2.05) is 45.2 Å². The van der Waals surface area contributed by atoms with E-state index >= 15 is 0 Å². The predicted octanol–water partition coefficient (Wildman–Crippen LogP) is 3.11. The Labute approximate surface area is 163 Å². The Morgan fingerprint density at radius 2 is 2.19 bits per heavy atom. The molecule has 1 aromatic rings. The molecule has 1 aromatic carbocycles. The number of amides is 1. The minimum atomic E-state index is 0.0152. The molecule has 0 aliphatic heterocycles. The summed E-state index contributed by atoms with van der Waals surface area (Å²) in [4.78, 5) is 18.5. The largest absolute Gasteiger partial charge is 0.379 e. The summed E-state index contributed by atoms with van der Waals surface area (Å²) in [6.45, 7) is 7.00. The number of carbonyl (C=O) groups is 1. The molecule has 2 N–H and O–H groups in total. The van der Waals surface area contributed by atoms with Crippen molar-refractivity contribution in [2.45, 2.75) is 39.7 Å². The summed E-state index contributed by atoms with van der Waals surface area (Å²) >= 11 is 0. The minimum absolute atomic E-state index is 0.0152. The van der Waals surface area contributed by atoms with Crippen molar-refractivity contribution in [2.75, 3.05) is 39.2 Å². The average molecular weight is 375 g/mol. The summed E-state index contributed by atoms with van der Waals surface area (Å²) in [5.41, 5.74) is 1.92. The van der Waals surface area contributed by atoms with Crippen LogP contribution in [0.2, 0.25) is 0 Å². The van der Waals surface area contributed by atoms with Crippen molar-refractivity contribution in [2.24, 2.45) is 16.8 Å². The van der Waals surface area contributed by atoms with Gasteiger partial charge in [0.15, 0.2) is 5.96 Å². The van der Waals surface area contributed by atoms with Crippen molar-refractivity contribution in [1.82, 2.24) is 10.2 Å². The number of carbonyl (C=O) groups excluding carboxylic acids is 1. The molecule has 0 heterocycles. The van der Waals surface area contributed by atoms with E-state index in [0.717, 1.165) is 42.7 Å². The topological polar surface area (TPSA) is 66.0 Å². The lowest BCUT2D eigenvalue weighted by atomic mass is 10.1. The lowest BCUT2D eigenvalue weighted by Crippen LogP contribution is -2.40. The standard InChI is InChI=1S/C21H34N4O2/c1-5-16(2)20(26)24-19-8-6-7-18(13-19)14-23-21(22-3)25(4)11-12-27-15-17-9-10-17/h6-8,13,16-17H,5,9-12,14-15H2,1-4H3,(H,22,23)(H,24,26). The highest BCUT2D eigenvalue weighted by Crippen LogP contribution is 2.28. The maximum Gasteiger partial charge on any atom is 0.227 e. The maximum atomic E-state index is 12.1. The van der Waals surface area contributed by atoms with E-state index in [0.29, 0.717) is 13.2 Å². The summed E-state index contributed by atoms with van der Waals surface area (Å²) in [6.07, 6.45) is 3.46. The first-order valence-electron chi connectivity index (χ1n) is 9.92. The van der Waals surface area contributed by atoms with Gasteiger partial charge in [-0.05, 0) is 42.9 Å². The Morgan fingerprint density at radius 3 is 2.85 bits per heavy atom. The Bertz CT molecular complexity index is 628. The van der Waals surface area contributed by atoms with Gasteiger partial charge in [-0.1, -0.05) is 26.0 Å². The van der Waals surface area contributed by atoms with Crippen LogP contribution in [-0.4, -0.2) is 50.6 Å². The summed E-state index contributed by atoms with van der Waals surface area (Å²) in [5.74, 6) is 1.70. The Hall–Kier alpha value is -2.08. The van der Waals surface area contributed by atoms with Gasteiger partial charge in [-0.3, -0.25) is 9.79 Å². The van der Waals surface area contributed by atoms with Crippen LogP contribution in [0.4, 0.5) is 5.69 Å². The SMILES string of the molecule is CCC(C)C(=O)Nc1cccc(CNC(=NC)N(C)CCOCC2CC2)c1. The van der Waals surface area contributed by atoms with Gasteiger partial charge in [-0.2, -0.15) is 0 Å². The molecule has 2 rings (SSSR count). The second-order valence-electron chi connectivity index (χ2n) is 7.34. The average Bonchev–Trinajstić information content (AvgIpc) is 3.49. The van der Waals surface area contributed by atoms with Gasteiger partial charge >= 0.3 is 0 Å². The van der Waals surface area contributed by atoms with Crippen molar-refractivity contribution in [3.8, 4) is 0 Å². The second-order valence-corrected chi connectivity index (χ2v) is 7.34. The van der Waals surface area contributed by atoms with Gasteiger partial charge in [-0.25, -0.2) is 0 Å². The highest BCUT2D eigenvalue weighted by molar-refractivity contribution is 5.92. The highest BCUT2D eigenvalue weighted by atomic mass is 16.5. The number of anilines is 1. The lowest BCUT2D eigenvalue weighted by Gasteiger charge is -2.22. The van der Waals surface area contributed by atoms with Gasteiger partial charge in [0.25, 0.3) is 0 Å². The van der Waals surface area contributed by atoms with Gasteiger partial charge in [0, 0.05) is 45.4 Å². The molecule has 150 valence electrons. The third kappa shape index (κ3) is 7.59. The number of aliphatic imine (C=N–C) groups is 1. The van der Waals surface area contributed by atoms with Crippen molar-refractivity contribution < 1.29 is 9.53 Å². The van der Waals surface area contributed by atoms with Crippen LogP contribution < -0.4 is 10.6 Å². The van der Waals surface area contributed by atoms with Crippen molar-refractivity contribution >= 4 is 17.6 Å². The number of benzene rings is 1. The second kappa shape index (κ2) is 10.9. The molecule has 1 aliphatic carbocycles. The van der Waals surface area contributed by atoms with Crippen LogP contribution in [0.1, 0.15) is 38.7 Å². The van der Waals surface area contributed by atoms with Gasteiger partial charge in [0.2, 0.25) is 5.91 Å². The van der Waals surface area contributed by atoms with Crippen LogP contribution >= 0.6 is 0 Å². The maximum absolute atomic E-state index is 12.1. The molecule has 0 bridgehead atoms. The van der Waals surface area contributed by atoms with E-state index in [1.54, 1.807) is 7.05 Å². The molecule has 1 saturated carbocycles. The molecule has 1 unspecified atom stereocenters. The molecule has 6 nitrogen and oxygen atoms in total. The number of rotatable bonds is 10. The smallest absolute Gasteiger partial charge is 0.227 e. The number of likely N-dealkylation sites (N-methyl/N-ethyl adjacent to an activating group) is 1. The van der Waals surface area contributed by atoms with Crippen LogP contribution in [-0.2, 0) is 16.1 Å². The zero-order valence-corrected chi connectivity index (χ0v) is 17.1. The predicted molar refractivity (Wildman–Crippen MR) is 111 cm³/mol. The van der Waals surface area contributed by atoms with E-state index in [-0.39, 0.29) is 11.8 Å². The molecule has 1 amide bonds. The Kier molecular flexibility index (Phi) is 8.58. The van der Waals surface area contributed by atoms with Crippen molar-refractivity contribution in [1.29, 1.82) is 0 Å². The van der Waals surface area contributed by atoms with Crippen molar-refractivity contribution in [3.63, 3.8) is 0 Å². The first-order valence-corrected chi connectivity index (χ1v) is 9.92. The van der Waals surface area contributed by atoms with Crippen LogP contribution in [0, 0.1) is 11.8 Å². The van der Waals surface area contributed by atoms with E-state index in [2.05, 4.69) is 20.5 Å². The van der Waals surface area contributed by atoms with Crippen LogP contribution in [0.15, 0.2) is 29.3 Å². The normalized spacial score (nSPS) is 15.3. The number of hydrogen-bond acceptors (Lipinski definition) is 3. The zero-order valence-electron chi connectivity index (χ0n) is 17.1. The number of ether oxygens (including phenoxy) is 1. The molecule has 1 aliphatic rings. The number of hydrogen-bond donors (Lipinski definition) is 2. The molecular formula is C21H34N4O2. The first-order chi connectivity index (χ1) is 13.0. The molecular weight excluding hydrogens is 340 g/mol. The number of nitrogens with one attached hydrogen (secondary N) is 2. The molecule has 6 heteroatoms. The lowest BCUT2D eigenvalue weighted by molar-refractivity contribution is -0.119. The van der Waals surface area contributed by atoms with Gasteiger partial charge < -0.3 is 20.3 Å². The van der Waals surface area contributed by atoms with Crippen LogP contribution in [0.3, 0.4) is 0 Å². The zero-order chi connectivity index (χ0) is 19.6. The van der Waals surface area contributed by atoms with E-state index < -0.39 is 0 Å². The third-order valence-electron chi connectivity index (χ3n) is 4.90. The van der Waals surface area contributed by atoms with Gasteiger partial charge in [0.1, 0.15) is 0 Å². The molecule has 0 aromatic heterocycles. The molecule has 1 fully saturated rings.